The van der Waals surface area contributed by atoms with Gasteiger partial charge in [-0.1, -0.05) is 39.5 Å². The van der Waals surface area contributed by atoms with Gasteiger partial charge in [0.25, 0.3) is 0 Å². The minimum Gasteiger partial charge on any atom is -0.466 e. The van der Waals surface area contributed by atoms with E-state index in [0.29, 0.717) is 0 Å². The van der Waals surface area contributed by atoms with Crippen molar-refractivity contribution >= 4 is 0 Å². The minimum absolute atomic E-state index is 0.0919. The highest BCUT2D eigenvalue weighted by molar-refractivity contribution is 5.06. The van der Waals surface area contributed by atoms with Crippen molar-refractivity contribution in [3.8, 4) is 0 Å². The molecule has 2 heteroatoms. The van der Waals surface area contributed by atoms with E-state index in [4.69, 9.17) is 4.42 Å². The molecule has 0 aliphatic heterocycles. The monoisotopic (exact) mass is 236 g/mol. The van der Waals surface area contributed by atoms with Crippen LogP contribution < -0.4 is 5.43 Å². The molecule has 0 atom stereocenters. The highest BCUT2D eigenvalue weighted by Crippen LogP contribution is 2.10. The zero-order valence-corrected chi connectivity index (χ0v) is 11.1. The summed E-state index contributed by atoms with van der Waals surface area (Å²) in [6, 6.07) is 3.28. The zero-order chi connectivity index (χ0) is 12.5. The van der Waals surface area contributed by atoms with Gasteiger partial charge in [-0.25, -0.2) is 0 Å². The van der Waals surface area contributed by atoms with Crippen LogP contribution in [0.5, 0.6) is 0 Å². The molecule has 0 saturated carbocycles. The topological polar surface area (TPSA) is 30.2 Å². The molecule has 0 spiro atoms. The Morgan fingerprint density at radius 3 is 1.76 bits per heavy atom. The lowest BCUT2D eigenvalue weighted by atomic mass is 10.1. The third-order valence-electron chi connectivity index (χ3n) is 2.92. The molecule has 0 aliphatic carbocycles. The third kappa shape index (κ3) is 5.71. The van der Waals surface area contributed by atoms with Crippen LogP contribution in [0.15, 0.2) is 21.3 Å². The summed E-state index contributed by atoms with van der Waals surface area (Å²) in [6.07, 6.45) is 8.79. The zero-order valence-electron chi connectivity index (χ0n) is 11.1. The van der Waals surface area contributed by atoms with Crippen LogP contribution in [0.3, 0.4) is 0 Å². The Bertz CT molecular complexity index is 334. The van der Waals surface area contributed by atoms with Crippen molar-refractivity contribution in [2.75, 3.05) is 0 Å². The first-order chi connectivity index (χ1) is 8.26. The molecular weight excluding hydrogens is 212 g/mol. The average molecular weight is 236 g/mol. The Kier molecular flexibility index (Phi) is 6.68. The first kappa shape index (κ1) is 14.0. The molecule has 0 N–H and O–H groups in total. The fraction of sp³-hybridized carbons (Fsp3) is 0.667. The van der Waals surface area contributed by atoms with Crippen LogP contribution in [-0.4, -0.2) is 0 Å². The lowest BCUT2D eigenvalue weighted by Gasteiger charge is -2.04. The van der Waals surface area contributed by atoms with Gasteiger partial charge >= 0.3 is 0 Å². The van der Waals surface area contributed by atoms with E-state index in [1.807, 2.05) is 0 Å². The highest BCUT2D eigenvalue weighted by Gasteiger charge is 2.02. The Hall–Kier alpha value is -1.05. The molecule has 1 heterocycles. The molecule has 0 bridgehead atoms. The van der Waals surface area contributed by atoms with E-state index in [1.54, 1.807) is 12.1 Å². The third-order valence-corrected chi connectivity index (χ3v) is 2.92. The van der Waals surface area contributed by atoms with Gasteiger partial charge in [0, 0.05) is 25.0 Å². The smallest absolute Gasteiger partial charge is 0.185 e. The van der Waals surface area contributed by atoms with Crippen LogP contribution in [0.2, 0.25) is 0 Å². The predicted molar refractivity (Wildman–Crippen MR) is 71.4 cm³/mol. The van der Waals surface area contributed by atoms with Crippen molar-refractivity contribution in [2.24, 2.45) is 0 Å². The molecule has 1 aromatic heterocycles. The Morgan fingerprint density at radius 1 is 0.882 bits per heavy atom. The standard InChI is InChI=1S/C15H24O2/c1-3-5-7-9-14-11-13(16)12-15(17-14)10-8-6-4-2/h11-12H,3-10H2,1-2H3. The summed E-state index contributed by atoms with van der Waals surface area (Å²) in [5.74, 6) is 1.72. The summed E-state index contributed by atoms with van der Waals surface area (Å²) >= 11 is 0. The molecule has 2 nitrogen and oxygen atoms in total. The van der Waals surface area contributed by atoms with Crippen LogP contribution >= 0.6 is 0 Å². The van der Waals surface area contributed by atoms with Gasteiger partial charge in [0.05, 0.1) is 0 Å². The van der Waals surface area contributed by atoms with E-state index in [2.05, 4.69) is 13.8 Å². The van der Waals surface area contributed by atoms with Crippen molar-refractivity contribution < 1.29 is 4.42 Å². The molecule has 96 valence electrons. The maximum atomic E-state index is 11.5. The van der Waals surface area contributed by atoms with E-state index in [1.165, 1.54) is 25.7 Å². The Balaban J connectivity index is 2.56. The molecule has 1 rings (SSSR count). The molecule has 0 aromatic carbocycles. The van der Waals surface area contributed by atoms with E-state index in [-0.39, 0.29) is 5.43 Å². The van der Waals surface area contributed by atoms with Gasteiger partial charge in [-0.3, -0.25) is 4.79 Å². The van der Waals surface area contributed by atoms with Crippen molar-refractivity contribution in [3.05, 3.63) is 33.9 Å². The van der Waals surface area contributed by atoms with Gasteiger partial charge in [-0.15, -0.1) is 0 Å². The van der Waals surface area contributed by atoms with Crippen molar-refractivity contribution in [1.82, 2.24) is 0 Å². The SMILES string of the molecule is CCCCCc1cc(=O)cc(CCCCC)o1. The van der Waals surface area contributed by atoms with Gasteiger partial charge in [-0.2, -0.15) is 0 Å². The molecule has 17 heavy (non-hydrogen) atoms. The molecule has 0 amide bonds. The molecule has 0 radical (unpaired) electrons. The largest absolute Gasteiger partial charge is 0.466 e. The molecule has 0 saturated heterocycles. The Morgan fingerprint density at radius 2 is 1.35 bits per heavy atom. The summed E-state index contributed by atoms with van der Waals surface area (Å²) in [6.45, 7) is 4.36. The average Bonchev–Trinajstić information content (AvgIpc) is 2.29. The summed E-state index contributed by atoms with van der Waals surface area (Å²) in [4.78, 5) is 11.5. The van der Waals surface area contributed by atoms with Crippen molar-refractivity contribution in [3.63, 3.8) is 0 Å². The molecule has 1 aromatic rings. The first-order valence-corrected chi connectivity index (χ1v) is 6.89. The van der Waals surface area contributed by atoms with Gasteiger partial charge in [0.2, 0.25) is 0 Å². The maximum absolute atomic E-state index is 11.5. The van der Waals surface area contributed by atoms with Crippen LogP contribution in [0, 0.1) is 0 Å². The summed E-state index contributed by atoms with van der Waals surface area (Å²) in [5, 5.41) is 0. The van der Waals surface area contributed by atoms with Crippen LogP contribution in [-0.2, 0) is 12.8 Å². The lowest BCUT2D eigenvalue weighted by Crippen LogP contribution is -2.03. The number of hydrogen-bond acceptors (Lipinski definition) is 2. The second kappa shape index (κ2) is 8.10. The van der Waals surface area contributed by atoms with E-state index < -0.39 is 0 Å². The second-order valence-corrected chi connectivity index (χ2v) is 4.64. The van der Waals surface area contributed by atoms with Gasteiger partial charge < -0.3 is 4.42 Å². The Labute approximate surface area is 104 Å². The first-order valence-electron chi connectivity index (χ1n) is 6.89. The van der Waals surface area contributed by atoms with Gasteiger partial charge in [-0.05, 0) is 12.8 Å². The fourth-order valence-electron chi connectivity index (χ4n) is 1.93. The maximum Gasteiger partial charge on any atom is 0.185 e. The van der Waals surface area contributed by atoms with E-state index in [9.17, 15) is 4.79 Å². The normalized spacial score (nSPS) is 10.7. The summed E-state index contributed by atoms with van der Waals surface area (Å²) in [7, 11) is 0. The van der Waals surface area contributed by atoms with Crippen molar-refractivity contribution in [1.29, 1.82) is 0 Å². The van der Waals surface area contributed by atoms with E-state index in [0.717, 1.165) is 37.2 Å². The second-order valence-electron chi connectivity index (χ2n) is 4.64. The van der Waals surface area contributed by atoms with E-state index >= 15 is 0 Å². The lowest BCUT2D eigenvalue weighted by molar-refractivity contribution is 0.431. The quantitative estimate of drug-likeness (QED) is 0.636. The predicted octanol–water partition coefficient (Wildman–Crippen LogP) is 4.11. The number of rotatable bonds is 8. The number of aryl methyl sites for hydroxylation is 2. The minimum atomic E-state index is 0.0919. The fourth-order valence-corrected chi connectivity index (χ4v) is 1.93. The number of hydrogen-bond donors (Lipinski definition) is 0. The number of unbranched alkanes of at least 4 members (excludes halogenated alkanes) is 4. The van der Waals surface area contributed by atoms with Gasteiger partial charge in [0.1, 0.15) is 11.5 Å². The van der Waals surface area contributed by atoms with Crippen LogP contribution in [0.4, 0.5) is 0 Å². The highest BCUT2D eigenvalue weighted by atomic mass is 16.3. The molecule has 0 fully saturated rings. The molecular formula is C15H24O2. The summed E-state index contributed by atoms with van der Waals surface area (Å²) < 4.78 is 5.75. The van der Waals surface area contributed by atoms with Crippen LogP contribution in [0.25, 0.3) is 0 Å². The van der Waals surface area contributed by atoms with Gasteiger partial charge in [0.15, 0.2) is 5.43 Å². The molecule has 0 aliphatic rings. The molecule has 0 unspecified atom stereocenters. The van der Waals surface area contributed by atoms with Crippen molar-refractivity contribution in [2.45, 2.75) is 65.2 Å². The summed E-state index contributed by atoms with van der Waals surface area (Å²) in [5.41, 5.74) is 0.0919. The van der Waals surface area contributed by atoms with Crippen LogP contribution in [0.1, 0.15) is 63.9 Å².